The molecular weight excluding hydrogens is 878 g/mol. The van der Waals surface area contributed by atoms with E-state index in [9.17, 15) is 32.7 Å². The monoisotopic (exact) mass is 927 g/mol. The van der Waals surface area contributed by atoms with E-state index in [1.807, 2.05) is 53.2 Å². The number of ketones is 1. The van der Waals surface area contributed by atoms with Crippen molar-refractivity contribution in [2.75, 3.05) is 50.0 Å². The Morgan fingerprint density at radius 1 is 0.969 bits per heavy atom. The van der Waals surface area contributed by atoms with Crippen molar-refractivity contribution in [3.63, 3.8) is 0 Å². The number of carbonyl (C=O) groups is 4. The molecule has 3 aromatic carbocycles. The highest BCUT2D eigenvalue weighted by Gasteiger charge is 2.34. The van der Waals surface area contributed by atoms with Crippen molar-refractivity contribution in [3.05, 3.63) is 101 Å². The number of fused-ring (bicyclic) bond motifs is 1. The van der Waals surface area contributed by atoms with Crippen LogP contribution < -0.4 is 20.7 Å². The number of aliphatic hydroxyl groups excluding tert-OH is 1. The van der Waals surface area contributed by atoms with E-state index in [4.69, 9.17) is 21.4 Å². The molecule has 0 spiro atoms. The summed E-state index contributed by atoms with van der Waals surface area (Å²) < 4.78 is 36.4. The first-order valence-corrected chi connectivity index (χ1v) is 24.1. The molecule has 3 saturated heterocycles. The average Bonchev–Trinajstić information content (AvgIpc) is 3.81. The van der Waals surface area contributed by atoms with Crippen LogP contribution in [0.2, 0.25) is 5.02 Å². The Morgan fingerprint density at radius 3 is 2.44 bits per heavy atom. The summed E-state index contributed by atoms with van der Waals surface area (Å²) in [6.45, 7) is 7.05. The molecule has 1 unspecified atom stereocenters. The summed E-state index contributed by atoms with van der Waals surface area (Å²) in [7, 11) is -3.65. The highest BCUT2D eigenvalue weighted by molar-refractivity contribution is 7.88. The minimum Gasteiger partial charge on any atom is -0.507 e. The Bertz CT molecular complexity index is 2720. The molecule has 5 aromatic rings. The molecule has 4 N–H and O–H groups in total. The van der Waals surface area contributed by atoms with Gasteiger partial charge < -0.3 is 20.5 Å². The van der Waals surface area contributed by atoms with E-state index in [2.05, 4.69) is 27.4 Å². The van der Waals surface area contributed by atoms with Gasteiger partial charge in [-0.25, -0.2) is 12.7 Å². The Kier molecular flexibility index (Phi) is 13.5. The van der Waals surface area contributed by atoms with Gasteiger partial charge in [0, 0.05) is 55.4 Å². The number of carbonyl (C=O) groups excluding carboxylic acids is 4. The molecular formula is C46H50ClN7O8S2. The summed E-state index contributed by atoms with van der Waals surface area (Å²) in [5.74, 6) is -1.62. The number of amides is 3. The molecule has 3 aliphatic rings. The van der Waals surface area contributed by atoms with Crippen LogP contribution in [-0.2, 0) is 35.0 Å². The second-order valence-electron chi connectivity index (χ2n) is 16.6. The standard InChI is InChI=1S/C46H50ClN7O8S2/c1-28(55)26-62-43-41(47)45(63-44(43)29(2)56)31-8-6-10-34(24-31)48-32-15-21-53(22-16-32)64(60,61)27-30-7-5-9-33(23-30)49-40(58)25-52-19-17-35(18-20-52)54-38-12-4-3-11-36(38)42(51-54)37-13-14-39(57)50-46(37)59/h3-12,23-24,32,35,37,48,56H,2,13-22,25-27H2,1H3,(H,49,58)(H,50,57,59). The smallest absolute Gasteiger partial charge is 0.238 e. The number of aromatic nitrogens is 2. The summed E-state index contributed by atoms with van der Waals surface area (Å²) in [5.41, 5.74) is 4.35. The maximum atomic E-state index is 13.6. The SMILES string of the molecule is C=C(O)c1sc(-c2cccc(NC3CCN(S(=O)(=O)Cc4cccc(NC(=O)CN5CCC(n6nc(C7CCC(=O)NC7=O)c7ccccc76)CC5)c4)CC3)c2)c(Cl)c1OCC(C)=O. The molecule has 15 nitrogen and oxygen atoms in total. The quantitative estimate of drug-likeness (QED) is 0.0618. The van der Waals surface area contributed by atoms with Crippen LogP contribution in [-0.4, -0.2) is 101 Å². The molecule has 8 rings (SSSR count). The first-order valence-electron chi connectivity index (χ1n) is 21.3. The minimum absolute atomic E-state index is 0.0235. The van der Waals surface area contributed by atoms with E-state index in [1.165, 1.54) is 22.6 Å². The molecule has 0 aliphatic carbocycles. The van der Waals surface area contributed by atoms with E-state index in [-0.39, 0.29) is 77.4 Å². The number of para-hydroxylation sites is 1. The van der Waals surface area contributed by atoms with Gasteiger partial charge in [-0.05, 0) is 80.5 Å². The number of halogens is 1. The molecule has 3 aliphatic heterocycles. The number of anilines is 2. The van der Waals surface area contributed by atoms with Gasteiger partial charge in [-0.1, -0.05) is 60.6 Å². The van der Waals surface area contributed by atoms with Crippen LogP contribution in [0.1, 0.15) is 73.5 Å². The minimum atomic E-state index is -3.65. The number of nitrogens with zero attached hydrogens (tertiary/aromatic N) is 4. The lowest BCUT2D eigenvalue weighted by molar-refractivity contribution is -0.134. The first-order chi connectivity index (χ1) is 30.7. The number of imide groups is 1. The second kappa shape index (κ2) is 19.3. The number of aliphatic hydroxyl groups is 1. The number of Topliss-reactive ketones (excluding diaryl/α,β-unsaturated/α-hetero) is 1. The van der Waals surface area contributed by atoms with Crippen molar-refractivity contribution in [3.8, 4) is 16.2 Å². The normalized spacial score (nSPS) is 18.2. The van der Waals surface area contributed by atoms with Crippen molar-refractivity contribution in [1.29, 1.82) is 0 Å². The fraction of sp³-hybridized carbons (Fsp3) is 0.370. The lowest BCUT2D eigenvalue weighted by Gasteiger charge is -2.32. The van der Waals surface area contributed by atoms with Crippen LogP contribution in [0.25, 0.3) is 27.1 Å². The number of hydrogen-bond donors (Lipinski definition) is 4. The lowest BCUT2D eigenvalue weighted by atomic mass is 9.93. The van der Waals surface area contributed by atoms with Crippen molar-refractivity contribution in [2.45, 2.75) is 69.2 Å². The van der Waals surface area contributed by atoms with Gasteiger partial charge in [0.05, 0.1) is 40.3 Å². The summed E-state index contributed by atoms with van der Waals surface area (Å²) >= 11 is 7.89. The van der Waals surface area contributed by atoms with Crippen LogP contribution in [0.3, 0.4) is 0 Å². The van der Waals surface area contributed by atoms with Crippen molar-refractivity contribution < 1.29 is 37.4 Å². The maximum absolute atomic E-state index is 13.6. The van der Waals surface area contributed by atoms with Crippen LogP contribution in [0, 0.1) is 0 Å². The number of benzene rings is 3. The zero-order valence-corrected chi connectivity index (χ0v) is 37.7. The second-order valence-corrected chi connectivity index (χ2v) is 20.0. The predicted octanol–water partition coefficient (Wildman–Crippen LogP) is 7.12. The number of nitrogens with one attached hydrogen (secondary N) is 3. The van der Waals surface area contributed by atoms with E-state index >= 15 is 0 Å². The van der Waals surface area contributed by atoms with E-state index in [0.717, 1.165) is 35.0 Å². The Labute approximate surface area is 380 Å². The fourth-order valence-electron chi connectivity index (χ4n) is 8.71. The van der Waals surface area contributed by atoms with Gasteiger partial charge in [0.1, 0.15) is 22.3 Å². The maximum Gasteiger partial charge on any atom is 0.238 e. The molecule has 3 amide bonds. The number of rotatable bonds is 15. The average molecular weight is 929 g/mol. The Morgan fingerprint density at radius 2 is 1.70 bits per heavy atom. The zero-order valence-electron chi connectivity index (χ0n) is 35.3. The van der Waals surface area contributed by atoms with Crippen LogP contribution in [0.4, 0.5) is 11.4 Å². The molecule has 2 aromatic heterocycles. The van der Waals surface area contributed by atoms with Crippen LogP contribution >= 0.6 is 22.9 Å². The number of thiophene rings is 1. The van der Waals surface area contributed by atoms with E-state index in [0.29, 0.717) is 72.1 Å². The third kappa shape index (κ3) is 10.2. The highest BCUT2D eigenvalue weighted by atomic mass is 35.5. The van der Waals surface area contributed by atoms with Gasteiger partial charge >= 0.3 is 0 Å². The van der Waals surface area contributed by atoms with Gasteiger partial charge in [0.25, 0.3) is 0 Å². The van der Waals surface area contributed by atoms with Gasteiger partial charge in [0.2, 0.25) is 27.7 Å². The van der Waals surface area contributed by atoms with Gasteiger partial charge in [-0.3, -0.25) is 34.1 Å². The number of piperidine rings is 3. The van der Waals surface area contributed by atoms with E-state index in [1.54, 1.807) is 24.3 Å². The van der Waals surface area contributed by atoms with Crippen LogP contribution in [0.15, 0.2) is 79.4 Å². The topological polar surface area (TPSA) is 192 Å². The fourth-order valence-corrected chi connectivity index (χ4v) is 11.7. The number of likely N-dealkylation sites (tertiary alicyclic amines) is 1. The molecule has 18 heteroatoms. The number of hydrogen-bond acceptors (Lipinski definition) is 12. The Balaban J connectivity index is 0.816. The summed E-state index contributed by atoms with van der Waals surface area (Å²) in [5, 5.41) is 25.2. The molecule has 336 valence electrons. The summed E-state index contributed by atoms with van der Waals surface area (Å²) in [6, 6.07) is 22.5. The van der Waals surface area contributed by atoms with Gasteiger partial charge in [-0.2, -0.15) is 5.10 Å². The third-order valence-corrected chi connectivity index (χ3v) is 15.5. The summed E-state index contributed by atoms with van der Waals surface area (Å²) in [6.07, 6.45) is 3.42. The largest absolute Gasteiger partial charge is 0.507 e. The number of sulfonamides is 1. The van der Waals surface area contributed by atoms with Crippen molar-refractivity contribution in [2.24, 2.45) is 0 Å². The zero-order chi connectivity index (χ0) is 45.1. The molecule has 5 heterocycles. The lowest BCUT2D eigenvalue weighted by Crippen LogP contribution is -2.42. The van der Waals surface area contributed by atoms with Gasteiger partial charge in [0.15, 0.2) is 11.5 Å². The van der Waals surface area contributed by atoms with E-state index < -0.39 is 15.9 Å². The first kappa shape index (κ1) is 45.0. The van der Waals surface area contributed by atoms with Crippen molar-refractivity contribution >= 4 is 84.5 Å². The molecule has 0 radical (unpaired) electrons. The highest BCUT2D eigenvalue weighted by Crippen LogP contribution is 2.48. The molecule has 1 atom stereocenters. The van der Waals surface area contributed by atoms with Crippen LogP contribution in [0.5, 0.6) is 5.75 Å². The Hall–Kier alpha value is -5.59. The molecule has 64 heavy (non-hydrogen) atoms. The third-order valence-electron chi connectivity index (χ3n) is 11.9. The summed E-state index contributed by atoms with van der Waals surface area (Å²) in [4.78, 5) is 52.4. The molecule has 3 fully saturated rings. The van der Waals surface area contributed by atoms with Gasteiger partial charge in [-0.15, -0.1) is 11.3 Å². The predicted molar refractivity (Wildman–Crippen MR) is 248 cm³/mol. The molecule has 0 bridgehead atoms. The molecule has 0 saturated carbocycles. The number of ether oxygens (including phenoxy) is 1. The van der Waals surface area contributed by atoms with Crippen molar-refractivity contribution in [1.82, 2.24) is 24.3 Å².